The van der Waals surface area contributed by atoms with E-state index >= 15 is 0 Å². The molecule has 0 heterocycles. The fourth-order valence-corrected chi connectivity index (χ4v) is 0.401. The van der Waals surface area contributed by atoms with Gasteiger partial charge in [0.05, 0.1) is 0 Å². The Morgan fingerprint density at radius 3 is 1.80 bits per heavy atom. The zero-order chi connectivity index (χ0) is 8.62. The Morgan fingerprint density at radius 1 is 1.50 bits per heavy atom. The summed E-state index contributed by atoms with van der Waals surface area (Å²) < 4.78 is 15.9. The Bertz CT molecular complexity index is 59.2. The van der Waals surface area contributed by atoms with Gasteiger partial charge in [-0.3, -0.25) is 9.11 Å². The van der Waals surface area contributed by atoms with E-state index in [2.05, 4.69) is 12.1 Å². The highest BCUT2D eigenvalue weighted by molar-refractivity contribution is 8.21. The van der Waals surface area contributed by atoms with Crippen LogP contribution < -0.4 is 5.14 Å². The van der Waals surface area contributed by atoms with Crippen molar-refractivity contribution in [2.75, 3.05) is 12.1 Å². The number of rotatable bonds is 2. The van der Waals surface area contributed by atoms with Crippen LogP contribution in [0.2, 0.25) is 0 Å². The van der Waals surface area contributed by atoms with E-state index in [9.17, 15) is 0 Å². The van der Waals surface area contributed by atoms with Crippen LogP contribution in [0.4, 0.5) is 0 Å². The maximum absolute atomic E-state index is 7.94. The summed E-state index contributed by atoms with van der Waals surface area (Å²) in [6.07, 6.45) is 3.53. The Balaban J connectivity index is 0. The smallest absolute Gasteiger partial charge is 0.0413 e. The summed E-state index contributed by atoms with van der Waals surface area (Å²) in [6, 6.07) is 0. The van der Waals surface area contributed by atoms with E-state index in [1.54, 1.807) is 0 Å². The van der Waals surface area contributed by atoms with Crippen molar-refractivity contribution in [2.45, 2.75) is 19.8 Å². The van der Waals surface area contributed by atoms with E-state index in [1.807, 2.05) is 0 Å². The van der Waals surface area contributed by atoms with Gasteiger partial charge >= 0.3 is 0 Å². The maximum Gasteiger partial charge on any atom is 0.0413 e. The third-order valence-electron chi connectivity index (χ3n) is 0.487. The molecule has 0 atom stereocenters. The van der Waals surface area contributed by atoms with Crippen LogP contribution in [0.25, 0.3) is 0 Å². The number of hydrogen-bond donors (Lipinski definition) is 3. The lowest BCUT2D eigenvalue weighted by molar-refractivity contribution is 0.497. The van der Waals surface area contributed by atoms with Gasteiger partial charge in [0.2, 0.25) is 0 Å². The van der Waals surface area contributed by atoms with Gasteiger partial charge in [-0.1, -0.05) is 13.3 Å². The number of alkyl halides is 1. The quantitative estimate of drug-likeness (QED) is 0.584. The molecule has 0 aliphatic carbocycles. The summed E-state index contributed by atoms with van der Waals surface area (Å²) in [6.45, 7) is 2.13. The molecule has 0 rings (SSSR count). The van der Waals surface area contributed by atoms with Crippen molar-refractivity contribution < 1.29 is 9.11 Å². The largest absolute Gasteiger partial charge is 0.286 e. The molecule has 10 heavy (non-hydrogen) atoms. The first-order valence-corrected chi connectivity index (χ1v) is 5.54. The lowest BCUT2D eigenvalue weighted by atomic mass is 10.4. The van der Waals surface area contributed by atoms with E-state index in [4.69, 9.17) is 20.7 Å². The minimum absolute atomic E-state index is 0.816. The van der Waals surface area contributed by atoms with Gasteiger partial charge in [0.1, 0.15) is 0 Å². The van der Waals surface area contributed by atoms with Crippen LogP contribution in [0.15, 0.2) is 0 Å². The molecule has 0 aliphatic heterocycles. The summed E-state index contributed by atoms with van der Waals surface area (Å²) in [4.78, 5) is 0. The average molecular weight is 190 g/mol. The first kappa shape index (κ1) is 13.1. The van der Waals surface area contributed by atoms with Crippen LogP contribution in [-0.2, 0) is 0 Å². The Hall–Kier alpha value is 0.520. The second kappa shape index (κ2) is 7.63. The van der Waals surface area contributed by atoms with Crippen molar-refractivity contribution in [1.29, 1.82) is 0 Å². The average Bonchev–Trinajstić information content (AvgIpc) is 1.63. The lowest BCUT2D eigenvalue weighted by Crippen LogP contribution is -2.03. The van der Waals surface area contributed by atoms with Crippen LogP contribution in [-0.4, -0.2) is 21.2 Å². The fourth-order valence-electron chi connectivity index (χ4n) is 0.134. The molecule has 0 bridgehead atoms. The minimum atomic E-state index is -2.67. The first-order valence-electron chi connectivity index (χ1n) is 2.98. The monoisotopic (exact) mass is 189 g/mol. The molecular formula is C5H16ClNO2S. The number of nitrogens with two attached hydrogens (primary N) is 1. The third-order valence-corrected chi connectivity index (χ3v) is 0.754. The van der Waals surface area contributed by atoms with E-state index in [0.29, 0.717) is 0 Å². The molecule has 0 saturated carbocycles. The van der Waals surface area contributed by atoms with E-state index in [-0.39, 0.29) is 0 Å². The Kier molecular flexibility index (Phi) is 10.0. The predicted molar refractivity (Wildman–Crippen MR) is 48.6 cm³/mol. The molecule has 5 heteroatoms. The van der Waals surface area contributed by atoms with Gasteiger partial charge in [-0.2, -0.15) is 0 Å². The number of unbranched alkanes of at least 4 members (excludes halogenated alkanes) is 1. The van der Waals surface area contributed by atoms with Crippen molar-refractivity contribution >= 4 is 22.4 Å². The first-order chi connectivity index (χ1) is 4.41. The van der Waals surface area contributed by atoms with Crippen LogP contribution in [0.3, 0.4) is 0 Å². The minimum Gasteiger partial charge on any atom is -0.286 e. The topological polar surface area (TPSA) is 66.5 Å². The molecule has 0 aromatic rings. The highest BCUT2D eigenvalue weighted by Gasteiger charge is 1.84. The molecular weight excluding hydrogens is 174 g/mol. The zero-order valence-corrected chi connectivity index (χ0v) is 7.95. The normalized spacial score (nSPS) is 11.8. The predicted octanol–water partition coefficient (Wildman–Crippen LogP) is 2.27. The SMILES string of the molecule is CCCCCl.CS(N)(O)O. The van der Waals surface area contributed by atoms with Gasteiger partial charge < -0.3 is 0 Å². The molecule has 0 aromatic heterocycles. The summed E-state index contributed by atoms with van der Waals surface area (Å²) >= 11 is 5.30. The maximum atomic E-state index is 7.94. The van der Waals surface area contributed by atoms with E-state index in [0.717, 1.165) is 18.6 Å². The van der Waals surface area contributed by atoms with Crippen molar-refractivity contribution in [3.8, 4) is 0 Å². The summed E-state index contributed by atoms with van der Waals surface area (Å²) in [5.41, 5.74) is 0. The summed E-state index contributed by atoms with van der Waals surface area (Å²) in [7, 11) is -2.67. The molecule has 0 aliphatic rings. The molecule has 0 radical (unpaired) electrons. The van der Waals surface area contributed by atoms with Gasteiger partial charge in [-0.25, -0.2) is 5.14 Å². The molecule has 0 amide bonds. The molecule has 66 valence electrons. The molecule has 0 spiro atoms. The van der Waals surface area contributed by atoms with Gasteiger partial charge in [0.25, 0.3) is 0 Å². The molecule has 0 unspecified atom stereocenters. The fraction of sp³-hybridized carbons (Fsp3) is 1.00. The number of halogens is 1. The number of hydrogen-bond acceptors (Lipinski definition) is 3. The van der Waals surface area contributed by atoms with Gasteiger partial charge in [0, 0.05) is 12.1 Å². The second-order valence-electron chi connectivity index (χ2n) is 1.94. The van der Waals surface area contributed by atoms with Crippen LogP contribution in [0.1, 0.15) is 19.8 Å². The third kappa shape index (κ3) is 75.9. The zero-order valence-electron chi connectivity index (χ0n) is 6.38. The Morgan fingerprint density at radius 2 is 1.80 bits per heavy atom. The van der Waals surface area contributed by atoms with Crippen LogP contribution in [0, 0.1) is 0 Å². The van der Waals surface area contributed by atoms with Crippen molar-refractivity contribution in [2.24, 2.45) is 5.14 Å². The van der Waals surface area contributed by atoms with Crippen LogP contribution in [0.5, 0.6) is 0 Å². The molecule has 4 N–H and O–H groups in total. The van der Waals surface area contributed by atoms with Crippen molar-refractivity contribution in [3.63, 3.8) is 0 Å². The second-order valence-corrected chi connectivity index (χ2v) is 4.10. The molecule has 0 aromatic carbocycles. The lowest BCUT2D eigenvalue weighted by Gasteiger charge is -2.17. The van der Waals surface area contributed by atoms with E-state index < -0.39 is 10.8 Å². The molecule has 0 saturated heterocycles. The van der Waals surface area contributed by atoms with Crippen molar-refractivity contribution in [3.05, 3.63) is 0 Å². The summed E-state index contributed by atoms with van der Waals surface area (Å²) in [5.74, 6) is 0.816. The van der Waals surface area contributed by atoms with Gasteiger partial charge in [0.15, 0.2) is 0 Å². The summed E-state index contributed by atoms with van der Waals surface area (Å²) in [5, 5.41) is 4.55. The standard InChI is InChI=1S/C4H9Cl.CH7NO2S/c1-2-3-4-5;1-5(2,3)4/h2-4H2,1H3;3-4H,2H2,1H3. The van der Waals surface area contributed by atoms with Crippen molar-refractivity contribution in [1.82, 2.24) is 0 Å². The molecule has 0 fully saturated rings. The van der Waals surface area contributed by atoms with E-state index in [1.165, 1.54) is 6.42 Å². The Labute approximate surface area is 69.0 Å². The van der Waals surface area contributed by atoms with Gasteiger partial charge in [-0.15, -0.1) is 22.4 Å². The highest BCUT2D eigenvalue weighted by Crippen LogP contribution is 2.19. The highest BCUT2D eigenvalue weighted by atomic mass is 35.5. The van der Waals surface area contributed by atoms with Gasteiger partial charge in [-0.05, 0) is 6.42 Å². The molecule has 3 nitrogen and oxygen atoms in total. The van der Waals surface area contributed by atoms with Crippen LogP contribution >= 0.6 is 22.4 Å².